The van der Waals surface area contributed by atoms with Crippen molar-refractivity contribution < 1.29 is 0 Å². The average molecular weight is 265 g/mol. The van der Waals surface area contributed by atoms with Crippen molar-refractivity contribution in [1.82, 2.24) is 19.4 Å². The van der Waals surface area contributed by atoms with Gasteiger partial charge in [0, 0.05) is 18.2 Å². The van der Waals surface area contributed by atoms with Gasteiger partial charge in [-0.15, -0.1) is 5.10 Å². The lowest BCUT2D eigenvalue weighted by molar-refractivity contribution is 0.549. The van der Waals surface area contributed by atoms with E-state index in [-0.39, 0.29) is 11.5 Å². The van der Waals surface area contributed by atoms with Crippen LogP contribution in [0, 0.1) is 0 Å². The van der Waals surface area contributed by atoms with Crippen LogP contribution in [0.1, 0.15) is 50.0 Å². The van der Waals surface area contributed by atoms with E-state index < -0.39 is 0 Å². The van der Waals surface area contributed by atoms with Crippen LogP contribution in [-0.4, -0.2) is 19.4 Å². The van der Waals surface area contributed by atoms with Crippen molar-refractivity contribution in [2.24, 2.45) is 5.73 Å². The Hall–Kier alpha value is -1.27. The maximum Gasteiger partial charge on any atom is 0.0861 e. The maximum absolute atomic E-state index is 6.35. The van der Waals surface area contributed by atoms with Gasteiger partial charge in [0.1, 0.15) is 0 Å². The van der Waals surface area contributed by atoms with Gasteiger partial charge in [-0.2, -0.15) is 5.10 Å². The van der Waals surface area contributed by atoms with E-state index in [2.05, 4.69) is 42.4 Å². The SMILES string of the molecule is CCn1nccc1C(N)c1snnc1C(C)(C)C. The molecule has 0 saturated carbocycles. The Labute approximate surface area is 111 Å². The molecule has 2 aromatic heterocycles. The van der Waals surface area contributed by atoms with Crippen molar-refractivity contribution in [1.29, 1.82) is 0 Å². The van der Waals surface area contributed by atoms with E-state index in [1.54, 1.807) is 6.20 Å². The summed E-state index contributed by atoms with van der Waals surface area (Å²) in [6.07, 6.45) is 1.78. The standard InChI is InChI=1S/C12H19N5S/c1-5-17-8(6-7-14-17)9(13)10-11(12(2,3)4)15-16-18-10/h6-7,9H,5,13H2,1-4H3. The van der Waals surface area contributed by atoms with E-state index in [1.165, 1.54) is 11.5 Å². The summed E-state index contributed by atoms with van der Waals surface area (Å²) in [5.74, 6) is 0. The van der Waals surface area contributed by atoms with Crippen LogP contribution in [0.5, 0.6) is 0 Å². The molecule has 2 N–H and O–H groups in total. The minimum Gasteiger partial charge on any atom is -0.318 e. The molecule has 0 aromatic carbocycles. The molecule has 0 bridgehead atoms. The predicted octanol–water partition coefficient (Wildman–Crippen LogP) is 2.10. The first-order valence-electron chi connectivity index (χ1n) is 6.05. The minimum atomic E-state index is -0.207. The lowest BCUT2D eigenvalue weighted by Crippen LogP contribution is -2.21. The van der Waals surface area contributed by atoms with Gasteiger partial charge in [0.2, 0.25) is 0 Å². The molecule has 0 aliphatic carbocycles. The van der Waals surface area contributed by atoms with Gasteiger partial charge in [-0.25, -0.2) is 0 Å². The van der Waals surface area contributed by atoms with Gasteiger partial charge in [-0.05, 0) is 24.5 Å². The lowest BCUT2D eigenvalue weighted by atomic mass is 9.90. The Morgan fingerprint density at radius 3 is 2.78 bits per heavy atom. The third kappa shape index (κ3) is 2.30. The summed E-state index contributed by atoms with van der Waals surface area (Å²) in [6.45, 7) is 9.23. The smallest absolute Gasteiger partial charge is 0.0861 e. The van der Waals surface area contributed by atoms with Crippen molar-refractivity contribution >= 4 is 11.5 Å². The first-order chi connectivity index (χ1) is 8.45. The second kappa shape index (κ2) is 4.78. The summed E-state index contributed by atoms with van der Waals surface area (Å²) in [7, 11) is 0. The number of hydrogen-bond donors (Lipinski definition) is 1. The largest absolute Gasteiger partial charge is 0.318 e. The number of aromatic nitrogens is 4. The highest BCUT2D eigenvalue weighted by molar-refractivity contribution is 7.05. The molecule has 2 heterocycles. The van der Waals surface area contributed by atoms with Gasteiger partial charge in [0.15, 0.2) is 0 Å². The molecule has 0 fully saturated rings. The van der Waals surface area contributed by atoms with Crippen molar-refractivity contribution in [3.63, 3.8) is 0 Å². The second-order valence-corrected chi connectivity index (χ2v) is 6.07. The maximum atomic E-state index is 6.35. The molecule has 0 spiro atoms. The Bertz CT molecular complexity index is 523. The van der Waals surface area contributed by atoms with Crippen molar-refractivity contribution in [2.75, 3.05) is 0 Å². The van der Waals surface area contributed by atoms with Crippen LogP contribution in [0.3, 0.4) is 0 Å². The summed E-state index contributed by atoms with van der Waals surface area (Å²) < 4.78 is 5.97. The van der Waals surface area contributed by atoms with E-state index >= 15 is 0 Å². The van der Waals surface area contributed by atoms with Crippen LogP contribution < -0.4 is 5.73 Å². The number of rotatable bonds is 3. The molecule has 18 heavy (non-hydrogen) atoms. The molecule has 0 radical (unpaired) electrons. The zero-order valence-corrected chi connectivity index (χ0v) is 12.0. The fraction of sp³-hybridized carbons (Fsp3) is 0.583. The number of nitrogens with two attached hydrogens (primary N) is 1. The van der Waals surface area contributed by atoms with Gasteiger partial charge in [-0.3, -0.25) is 4.68 Å². The molecule has 0 aliphatic rings. The first kappa shape index (κ1) is 13.2. The van der Waals surface area contributed by atoms with Crippen molar-refractivity contribution in [3.8, 4) is 0 Å². The van der Waals surface area contributed by atoms with Crippen molar-refractivity contribution in [3.05, 3.63) is 28.5 Å². The minimum absolute atomic E-state index is 0.0446. The van der Waals surface area contributed by atoms with Gasteiger partial charge >= 0.3 is 0 Å². The van der Waals surface area contributed by atoms with E-state index in [0.29, 0.717) is 0 Å². The molecular formula is C12H19N5S. The molecule has 0 aliphatic heterocycles. The Morgan fingerprint density at radius 2 is 2.17 bits per heavy atom. The van der Waals surface area contributed by atoms with Crippen LogP contribution in [0.25, 0.3) is 0 Å². The van der Waals surface area contributed by atoms with Crippen LogP contribution in [0.4, 0.5) is 0 Å². The zero-order valence-electron chi connectivity index (χ0n) is 11.2. The van der Waals surface area contributed by atoms with Gasteiger partial charge in [0.25, 0.3) is 0 Å². The zero-order chi connectivity index (χ0) is 13.3. The van der Waals surface area contributed by atoms with E-state index in [0.717, 1.165) is 22.8 Å². The Kier molecular flexibility index (Phi) is 3.49. The molecule has 1 unspecified atom stereocenters. The lowest BCUT2D eigenvalue weighted by Gasteiger charge is -2.19. The molecule has 0 saturated heterocycles. The molecule has 2 aromatic rings. The monoisotopic (exact) mass is 265 g/mol. The fourth-order valence-electron chi connectivity index (χ4n) is 1.93. The number of aryl methyl sites for hydroxylation is 1. The molecule has 6 heteroatoms. The molecular weight excluding hydrogens is 246 g/mol. The first-order valence-corrected chi connectivity index (χ1v) is 6.82. The summed E-state index contributed by atoms with van der Waals surface area (Å²) in [5.41, 5.74) is 8.29. The van der Waals surface area contributed by atoms with E-state index in [1.807, 2.05) is 10.7 Å². The van der Waals surface area contributed by atoms with Crippen LogP contribution in [0.15, 0.2) is 12.3 Å². The molecule has 5 nitrogen and oxygen atoms in total. The predicted molar refractivity (Wildman–Crippen MR) is 72.5 cm³/mol. The summed E-state index contributed by atoms with van der Waals surface area (Å²) in [5, 5.41) is 8.49. The van der Waals surface area contributed by atoms with Crippen LogP contribution >= 0.6 is 11.5 Å². The Morgan fingerprint density at radius 1 is 1.44 bits per heavy atom. The Balaban J connectivity index is 2.41. The molecule has 98 valence electrons. The second-order valence-electron chi connectivity index (χ2n) is 5.29. The summed E-state index contributed by atoms with van der Waals surface area (Å²) in [6, 6.07) is 1.75. The van der Waals surface area contributed by atoms with Gasteiger partial charge in [0.05, 0.1) is 22.3 Å². The van der Waals surface area contributed by atoms with E-state index in [4.69, 9.17) is 5.73 Å². The number of hydrogen-bond acceptors (Lipinski definition) is 5. The third-order valence-corrected chi connectivity index (χ3v) is 3.68. The molecule has 0 amide bonds. The van der Waals surface area contributed by atoms with Crippen LogP contribution in [-0.2, 0) is 12.0 Å². The summed E-state index contributed by atoms with van der Waals surface area (Å²) in [4.78, 5) is 1.03. The van der Waals surface area contributed by atoms with Crippen molar-refractivity contribution in [2.45, 2.75) is 45.7 Å². The van der Waals surface area contributed by atoms with Gasteiger partial charge in [-0.1, -0.05) is 25.3 Å². The highest BCUT2D eigenvalue weighted by Crippen LogP contribution is 2.32. The molecule has 1 atom stereocenters. The third-order valence-electron chi connectivity index (χ3n) is 2.87. The fourth-order valence-corrected chi connectivity index (χ4v) is 2.81. The van der Waals surface area contributed by atoms with Gasteiger partial charge < -0.3 is 5.73 Å². The highest BCUT2D eigenvalue weighted by atomic mass is 32.1. The van der Waals surface area contributed by atoms with Crippen LogP contribution in [0.2, 0.25) is 0 Å². The average Bonchev–Trinajstić information content (AvgIpc) is 2.95. The molecule has 2 rings (SSSR count). The van der Waals surface area contributed by atoms with E-state index in [9.17, 15) is 0 Å². The topological polar surface area (TPSA) is 69.6 Å². The quantitative estimate of drug-likeness (QED) is 0.922. The normalized spacial score (nSPS) is 13.8. The summed E-state index contributed by atoms with van der Waals surface area (Å²) >= 11 is 1.37. The number of nitrogens with zero attached hydrogens (tertiary/aromatic N) is 4. The highest BCUT2D eigenvalue weighted by Gasteiger charge is 2.27.